The minimum Gasteiger partial charge on any atom is -0.478 e. The quantitative estimate of drug-likeness (QED) is 0.837. The van der Waals surface area contributed by atoms with Crippen LogP contribution in [0.25, 0.3) is 0 Å². The molecule has 0 spiro atoms. The Labute approximate surface area is 117 Å². The second-order valence-electron chi connectivity index (χ2n) is 5.11. The molecule has 2 N–H and O–H groups in total. The lowest BCUT2D eigenvalue weighted by Crippen LogP contribution is -2.36. The highest BCUT2D eigenvalue weighted by Crippen LogP contribution is 2.40. The second kappa shape index (κ2) is 5.71. The predicted octanol–water partition coefficient (Wildman–Crippen LogP) is 3.44. The fraction of sp³-hybridized carbons (Fsp3) is 0.385. The smallest absolute Gasteiger partial charge is 0.394 e. The van der Waals surface area contributed by atoms with Crippen molar-refractivity contribution in [3.8, 4) is 0 Å². The molecule has 0 aromatic heterocycles. The fourth-order valence-electron chi connectivity index (χ4n) is 1.45. The third-order valence-corrected chi connectivity index (χ3v) is 2.86. The fourth-order valence-corrected chi connectivity index (χ4v) is 1.45. The molecule has 1 rings (SSSR count). The molecule has 1 amide bonds. The first-order chi connectivity index (χ1) is 9.44. The maximum atomic E-state index is 13.4. The van der Waals surface area contributed by atoms with Crippen molar-refractivity contribution in [2.24, 2.45) is 5.41 Å². The summed E-state index contributed by atoms with van der Waals surface area (Å²) >= 11 is 0. The van der Waals surface area contributed by atoms with Crippen molar-refractivity contribution in [1.82, 2.24) is 0 Å². The number of carbonyl (C=O) groups excluding carboxylic acids is 1. The minimum absolute atomic E-state index is 0.290. The normalized spacial score (nSPS) is 12.1. The van der Waals surface area contributed by atoms with Gasteiger partial charge in [0.15, 0.2) is 0 Å². The zero-order valence-electron chi connectivity index (χ0n) is 11.2. The van der Waals surface area contributed by atoms with E-state index in [2.05, 4.69) is 0 Å². The zero-order chi connectivity index (χ0) is 16.4. The molecule has 0 saturated heterocycles. The number of alkyl halides is 3. The summed E-state index contributed by atoms with van der Waals surface area (Å²) in [7, 11) is 0. The number of carboxylic acids is 1. The van der Waals surface area contributed by atoms with Crippen molar-refractivity contribution in [2.45, 2.75) is 26.4 Å². The molecule has 21 heavy (non-hydrogen) atoms. The molecule has 0 heterocycles. The Bertz CT molecular complexity index is 567. The summed E-state index contributed by atoms with van der Waals surface area (Å²) in [5, 5.41) is 10.7. The van der Waals surface area contributed by atoms with Crippen molar-refractivity contribution >= 4 is 17.6 Å². The van der Waals surface area contributed by atoms with Crippen LogP contribution in [0.4, 0.5) is 23.2 Å². The molecular formula is C13H13F4NO3. The van der Waals surface area contributed by atoms with Crippen LogP contribution in [-0.2, 0) is 4.79 Å². The molecule has 116 valence electrons. The number of carboxylic acid groups (broad SMARTS) is 1. The number of hydrogen-bond acceptors (Lipinski definition) is 2. The van der Waals surface area contributed by atoms with E-state index in [4.69, 9.17) is 5.11 Å². The van der Waals surface area contributed by atoms with Crippen LogP contribution in [0.3, 0.4) is 0 Å². The highest BCUT2D eigenvalue weighted by atomic mass is 19.4. The van der Waals surface area contributed by atoms with E-state index in [0.717, 1.165) is 32.0 Å². The molecule has 0 radical (unpaired) electrons. The Balaban J connectivity index is 2.89. The van der Waals surface area contributed by atoms with E-state index in [0.29, 0.717) is 0 Å². The second-order valence-corrected chi connectivity index (χ2v) is 5.11. The first-order valence-electron chi connectivity index (χ1n) is 5.83. The Hall–Kier alpha value is -2.12. The van der Waals surface area contributed by atoms with Gasteiger partial charge in [0.1, 0.15) is 5.82 Å². The van der Waals surface area contributed by atoms with Gasteiger partial charge in [-0.3, -0.25) is 4.79 Å². The minimum atomic E-state index is -4.59. The molecular weight excluding hydrogens is 294 g/mol. The van der Waals surface area contributed by atoms with Gasteiger partial charge in [0.25, 0.3) is 0 Å². The van der Waals surface area contributed by atoms with E-state index in [-0.39, 0.29) is 5.56 Å². The first-order valence-corrected chi connectivity index (χ1v) is 5.83. The number of carbonyl (C=O) groups is 2. The Morgan fingerprint density at radius 1 is 1.24 bits per heavy atom. The maximum absolute atomic E-state index is 13.4. The lowest BCUT2D eigenvalue weighted by molar-refractivity contribution is -0.213. The third-order valence-electron chi connectivity index (χ3n) is 2.86. The van der Waals surface area contributed by atoms with Gasteiger partial charge in [-0.05, 0) is 18.2 Å². The van der Waals surface area contributed by atoms with Gasteiger partial charge in [0.05, 0.1) is 16.7 Å². The standard InChI is InChI=1S/C13H13F4NO3/c1-12(2,13(15,16)17)6-10(19)18-9-5-7(11(20)21)3-4-8(9)14/h3-5H,6H2,1-2H3,(H,18,19)(H,20,21). The molecule has 0 aliphatic heterocycles. The Kier molecular flexibility index (Phi) is 4.60. The number of rotatable bonds is 4. The van der Waals surface area contributed by atoms with Gasteiger partial charge < -0.3 is 10.4 Å². The summed E-state index contributed by atoms with van der Waals surface area (Å²) in [6.45, 7) is 1.69. The molecule has 4 nitrogen and oxygen atoms in total. The monoisotopic (exact) mass is 307 g/mol. The molecule has 0 atom stereocenters. The highest BCUT2D eigenvalue weighted by molar-refractivity contribution is 5.94. The molecule has 0 aliphatic carbocycles. The number of halogens is 4. The van der Waals surface area contributed by atoms with Crippen molar-refractivity contribution < 1.29 is 32.3 Å². The summed E-state index contributed by atoms with van der Waals surface area (Å²) in [6, 6.07) is 2.64. The van der Waals surface area contributed by atoms with Gasteiger partial charge in [-0.25, -0.2) is 9.18 Å². The van der Waals surface area contributed by atoms with Gasteiger partial charge in [-0.1, -0.05) is 13.8 Å². The van der Waals surface area contributed by atoms with Gasteiger partial charge in [-0.2, -0.15) is 13.2 Å². The van der Waals surface area contributed by atoms with Gasteiger partial charge in [0, 0.05) is 6.42 Å². The van der Waals surface area contributed by atoms with E-state index in [1.54, 1.807) is 0 Å². The Morgan fingerprint density at radius 2 is 1.81 bits per heavy atom. The van der Waals surface area contributed by atoms with Crippen LogP contribution in [0, 0.1) is 11.2 Å². The van der Waals surface area contributed by atoms with E-state index in [1.165, 1.54) is 0 Å². The summed E-state index contributed by atoms with van der Waals surface area (Å²) < 4.78 is 51.4. The number of nitrogens with one attached hydrogen (secondary N) is 1. The molecule has 8 heteroatoms. The molecule has 1 aromatic carbocycles. The van der Waals surface area contributed by atoms with Crippen LogP contribution in [0.2, 0.25) is 0 Å². The average Bonchev–Trinajstić information content (AvgIpc) is 2.29. The first kappa shape index (κ1) is 16.9. The predicted molar refractivity (Wildman–Crippen MR) is 66.4 cm³/mol. The van der Waals surface area contributed by atoms with E-state index >= 15 is 0 Å². The van der Waals surface area contributed by atoms with E-state index < -0.39 is 41.4 Å². The topological polar surface area (TPSA) is 66.4 Å². The van der Waals surface area contributed by atoms with Crippen LogP contribution in [0.5, 0.6) is 0 Å². The Morgan fingerprint density at radius 3 is 2.29 bits per heavy atom. The van der Waals surface area contributed by atoms with Gasteiger partial charge in [-0.15, -0.1) is 0 Å². The van der Waals surface area contributed by atoms with E-state index in [9.17, 15) is 27.2 Å². The van der Waals surface area contributed by atoms with Crippen molar-refractivity contribution in [3.05, 3.63) is 29.6 Å². The van der Waals surface area contributed by atoms with Crippen molar-refractivity contribution in [1.29, 1.82) is 0 Å². The number of hydrogen-bond donors (Lipinski definition) is 2. The molecule has 0 aliphatic rings. The summed E-state index contributed by atoms with van der Waals surface area (Å²) in [5.74, 6) is -3.34. The average molecular weight is 307 g/mol. The van der Waals surface area contributed by atoms with Gasteiger partial charge in [0.2, 0.25) is 5.91 Å². The molecule has 0 bridgehead atoms. The number of anilines is 1. The molecule has 0 unspecified atom stereocenters. The maximum Gasteiger partial charge on any atom is 0.394 e. The lowest BCUT2D eigenvalue weighted by Gasteiger charge is -2.26. The molecule has 1 aromatic rings. The molecule has 0 fully saturated rings. The SMILES string of the molecule is CC(C)(CC(=O)Nc1cc(C(=O)O)ccc1F)C(F)(F)F. The van der Waals surface area contributed by atoms with Crippen molar-refractivity contribution in [2.75, 3.05) is 5.32 Å². The van der Waals surface area contributed by atoms with Crippen LogP contribution in [0.15, 0.2) is 18.2 Å². The number of aromatic carboxylic acids is 1. The van der Waals surface area contributed by atoms with E-state index in [1.807, 2.05) is 5.32 Å². The van der Waals surface area contributed by atoms with Crippen LogP contribution < -0.4 is 5.32 Å². The lowest BCUT2D eigenvalue weighted by atomic mass is 9.88. The summed E-state index contributed by atoms with van der Waals surface area (Å²) in [6.07, 6.45) is -5.50. The highest BCUT2D eigenvalue weighted by Gasteiger charge is 2.48. The third kappa shape index (κ3) is 4.17. The molecule has 0 saturated carbocycles. The van der Waals surface area contributed by atoms with Crippen LogP contribution in [0.1, 0.15) is 30.6 Å². The van der Waals surface area contributed by atoms with Crippen molar-refractivity contribution in [3.63, 3.8) is 0 Å². The van der Waals surface area contributed by atoms with Gasteiger partial charge >= 0.3 is 12.1 Å². The van der Waals surface area contributed by atoms with Crippen LogP contribution in [-0.4, -0.2) is 23.2 Å². The summed E-state index contributed by atoms with van der Waals surface area (Å²) in [4.78, 5) is 22.3. The largest absolute Gasteiger partial charge is 0.478 e. The van der Waals surface area contributed by atoms with Crippen LogP contribution >= 0.6 is 0 Å². The number of amides is 1. The number of benzene rings is 1. The zero-order valence-corrected chi connectivity index (χ0v) is 11.2. The summed E-state index contributed by atoms with van der Waals surface area (Å²) in [5.41, 5.74) is -3.04.